The third kappa shape index (κ3) is 5.87. The minimum Gasteiger partial charge on any atom is -0.507 e. The normalized spacial score (nSPS) is 10.0. The van der Waals surface area contributed by atoms with Gasteiger partial charge in [-0.2, -0.15) is 0 Å². The van der Waals surface area contributed by atoms with E-state index in [-0.39, 0.29) is 30.6 Å². The van der Waals surface area contributed by atoms with Crippen LogP contribution in [0, 0.1) is 13.8 Å². The van der Waals surface area contributed by atoms with Gasteiger partial charge in [-0.15, -0.1) is 0 Å². The van der Waals surface area contributed by atoms with Crippen molar-refractivity contribution in [3.63, 3.8) is 0 Å². The molecule has 0 saturated heterocycles. The molecule has 1 aromatic heterocycles. The summed E-state index contributed by atoms with van der Waals surface area (Å²) < 4.78 is 10.4. The van der Waals surface area contributed by atoms with Crippen molar-refractivity contribution >= 4 is 0 Å². The van der Waals surface area contributed by atoms with Gasteiger partial charge >= 0.3 is 0 Å². The molecule has 2 N–H and O–H groups in total. The zero-order chi connectivity index (χ0) is 24.8. The molecule has 0 amide bonds. The fourth-order valence-corrected chi connectivity index (χ4v) is 3.46. The van der Waals surface area contributed by atoms with Crippen LogP contribution in [0.3, 0.4) is 0 Å². The molecule has 0 aliphatic rings. The van der Waals surface area contributed by atoms with Gasteiger partial charge in [-0.1, -0.05) is 45.0 Å². The molecule has 0 bridgehead atoms. The number of hydrogen-bond acceptors (Lipinski definition) is 7. The van der Waals surface area contributed by atoms with Gasteiger partial charge in [0.05, 0.1) is 25.3 Å². The first-order chi connectivity index (χ1) is 16.4. The Kier molecular flexibility index (Phi) is 9.17. The van der Waals surface area contributed by atoms with Crippen molar-refractivity contribution in [3.8, 4) is 57.2 Å². The first kappa shape index (κ1) is 27.1. The fraction of sp³-hybridized carbons (Fsp3) is 0.250. The summed E-state index contributed by atoms with van der Waals surface area (Å²) in [6.45, 7) is 8.01. The summed E-state index contributed by atoms with van der Waals surface area (Å²) in [5, 5.41) is 21.1. The van der Waals surface area contributed by atoms with Crippen molar-refractivity contribution in [2.75, 3.05) is 14.2 Å². The average Bonchev–Trinajstić information content (AvgIpc) is 2.84. The summed E-state index contributed by atoms with van der Waals surface area (Å²) >= 11 is 0. The Morgan fingerprint density at radius 3 is 1.37 bits per heavy atom. The Hall–Kier alpha value is -4.13. The van der Waals surface area contributed by atoms with Gasteiger partial charge < -0.3 is 19.7 Å². The Labute approximate surface area is 207 Å². The lowest BCUT2D eigenvalue weighted by molar-refractivity contribution is 0.408. The zero-order valence-electron chi connectivity index (χ0n) is 20.2. The lowest BCUT2D eigenvalue weighted by Gasteiger charge is -2.12. The molecule has 7 heteroatoms. The van der Waals surface area contributed by atoms with Crippen molar-refractivity contribution in [2.24, 2.45) is 0 Å². The topological polar surface area (TPSA) is 97.6 Å². The third-order valence-corrected chi connectivity index (χ3v) is 5.15. The highest BCUT2D eigenvalue weighted by Crippen LogP contribution is 2.35. The monoisotopic (exact) mass is 475 g/mol. The number of aromatic hydroxyl groups is 2. The van der Waals surface area contributed by atoms with Crippen molar-refractivity contribution in [1.82, 2.24) is 15.0 Å². The molecule has 1 heterocycles. The van der Waals surface area contributed by atoms with Gasteiger partial charge in [0.25, 0.3) is 0 Å². The molecule has 4 aromatic rings. The second-order valence-electron chi connectivity index (χ2n) is 7.39. The van der Waals surface area contributed by atoms with Crippen LogP contribution in [0.2, 0.25) is 0 Å². The van der Waals surface area contributed by atoms with Gasteiger partial charge in [0, 0.05) is 17.7 Å². The number of ether oxygens (including phenoxy) is 2. The van der Waals surface area contributed by atoms with Crippen LogP contribution in [0.5, 0.6) is 23.0 Å². The summed E-state index contributed by atoms with van der Waals surface area (Å²) in [5.41, 5.74) is 3.82. The maximum atomic E-state index is 10.6. The van der Waals surface area contributed by atoms with Crippen molar-refractivity contribution in [1.29, 1.82) is 0 Å². The van der Waals surface area contributed by atoms with Crippen LogP contribution in [-0.4, -0.2) is 39.4 Å². The van der Waals surface area contributed by atoms with E-state index >= 15 is 0 Å². The predicted molar refractivity (Wildman–Crippen MR) is 140 cm³/mol. The van der Waals surface area contributed by atoms with E-state index in [0.29, 0.717) is 28.5 Å². The van der Waals surface area contributed by atoms with Gasteiger partial charge in [-0.05, 0) is 43.7 Å². The highest BCUT2D eigenvalue weighted by atomic mass is 16.5. The molecule has 7 nitrogen and oxygen atoms in total. The second kappa shape index (κ2) is 11.8. The molecule has 0 aliphatic carbocycles. The van der Waals surface area contributed by atoms with Crippen molar-refractivity contribution < 1.29 is 19.7 Å². The highest BCUT2D eigenvalue weighted by molar-refractivity contribution is 5.73. The smallest absolute Gasteiger partial charge is 0.167 e. The van der Waals surface area contributed by atoms with Crippen LogP contribution in [-0.2, 0) is 0 Å². The SMILES string of the molecule is C.CC.COc1ccc(-c2nc(-c3ccc(C)cc3C)nc(-c3ccc(OC)cc3O)n2)c(O)c1. The molecule has 184 valence electrons. The molecular formula is C28H33N3O4. The molecule has 0 aliphatic heterocycles. The number of nitrogens with zero attached hydrogens (tertiary/aromatic N) is 3. The molecular weight excluding hydrogens is 442 g/mol. The molecule has 0 unspecified atom stereocenters. The predicted octanol–water partition coefficient (Wildman–Crippen LogP) is 6.58. The third-order valence-electron chi connectivity index (χ3n) is 5.15. The van der Waals surface area contributed by atoms with Crippen LogP contribution in [0.25, 0.3) is 34.2 Å². The van der Waals surface area contributed by atoms with E-state index in [4.69, 9.17) is 9.47 Å². The van der Waals surface area contributed by atoms with E-state index in [1.54, 1.807) is 24.3 Å². The number of phenolic OH excluding ortho intramolecular Hbond substituents is 2. The molecule has 0 spiro atoms. The summed E-state index contributed by atoms with van der Waals surface area (Å²) in [4.78, 5) is 13.8. The molecule has 0 radical (unpaired) electrons. The highest BCUT2D eigenvalue weighted by Gasteiger charge is 2.18. The Balaban J connectivity index is 0.00000140. The molecule has 0 fully saturated rings. The number of hydrogen-bond donors (Lipinski definition) is 2. The maximum absolute atomic E-state index is 10.6. The molecule has 4 rings (SSSR count). The van der Waals surface area contributed by atoms with Crippen LogP contribution in [0.4, 0.5) is 0 Å². The van der Waals surface area contributed by atoms with Crippen LogP contribution < -0.4 is 9.47 Å². The van der Waals surface area contributed by atoms with Gasteiger partial charge in [0.2, 0.25) is 0 Å². The summed E-state index contributed by atoms with van der Waals surface area (Å²) in [6, 6.07) is 15.8. The maximum Gasteiger partial charge on any atom is 0.167 e. The molecule has 0 atom stereocenters. The number of aryl methyl sites for hydroxylation is 2. The Morgan fingerprint density at radius 1 is 0.600 bits per heavy atom. The quantitative estimate of drug-likeness (QED) is 0.336. The minimum atomic E-state index is -0.0213. The number of aromatic nitrogens is 3. The Morgan fingerprint density at radius 2 is 1.00 bits per heavy atom. The van der Waals surface area contributed by atoms with Crippen LogP contribution in [0.1, 0.15) is 32.4 Å². The van der Waals surface area contributed by atoms with E-state index < -0.39 is 0 Å². The number of phenols is 2. The van der Waals surface area contributed by atoms with E-state index in [0.717, 1.165) is 16.7 Å². The zero-order valence-corrected chi connectivity index (χ0v) is 20.2. The summed E-state index contributed by atoms with van der Waals surface area (Å²) in [5.74, 6) is 1.98. The standard InChI is InChI=1S/C25H23N3O4.C2H6.CH4/c1-14-5-8-18(15(2)11-14)23-26-24(19-9-6-16(31-3)12-21(19)29)28-25(27-23)20-10-7-17(32-4)13-22(20)30;1-2;/h5-13,29-30H,1-4H3;1-2H3;1H4. The fourth-order valence-electron chi connectivity index (χ4n) is 3.46. The second-order valence-corrected chi connectivity index (χ2v) is 7.39. The molecule has 35 heavy (non-hydrogen) atoms. The average molecular weight is 476 g/mol. The largest absolute Gasteiger partial charge is 0.507 e. The first-order valence-electron chi connectivity index (χ1n) is 11.0. The number of benzene rings is 3. The van der Waals surface area contributed by atoms with Gasteiger partial charge in [-0.3, -0.25) is 0 Å². The van der Waals surface area contributed by atoms with E-state index in [2.05, 4.69) is 15.0 Å². The Bertz CT molecular complexity index is 1230. The van der Waals surface area contributed by atoms with Crippen molar-refractivity contribution in [2.45, 2.75) is 35.1 Å². The van der Waals surface area contributed by atoms with Crippen LogP contribution >= 0.6 is 0 Å². The number of methoxy groups -OCH3 is 2. The van der Waals surface area contributed by atoms with Gasteiger partial charge in [0.1, 0.15) is 23.0 Å². The van der Waals surface area contributed by atoms with E-state index in [1.165, 1.54) is 26.4 Å². The van der Waals surface area contributed by atoms with Gasteiger partial charge in [-0.25, -0.2) is 15.0 Å². The first-order valence-corrected chi connectivity index (χ1v) is 11.0. The lowest BCUT2D eigenvalue weighted by atomic mass is 10.0. The molecule has 3 aromatic carbocycles. The van der Waals surface area contributed by atoms with E-state index in [1.807, 2.05) is 45.9 Å². The van der Waals surface area contributed by atoms with Gasteiger partial charge in [0.15, 0.2) is 17.5 Å². The summed E-state index contributed by atoms with van der Waals surface area (Å²) in [7, 11) is 3.06. The molecule has 0 saturated carbocycles. The van der Waals surface area contributed by atoms with Crippen molar-refractivity contribution in [3.05, 3.63) is 65.7 Å². The van der Waals surface area contributed by atoms with Crippen LogP contribution in [0.15, 0.2) is 54.6 Å². The lowest BCUT2D eigenvalue weighted by Crippen LogP contribution is -2.01. The summed E-state index contributed by atoms with van der Waals surface area (Å²) in [6.07, 6.45) is 0. The number of rotatable bonds is 5. The van der Waals surface area contributed by atoms with E-state index in [9.17, 15) is 10.2 Å². The minimum absolute atomic E-state index is 0.